The van der Waals surface area contributed by atoms with E-state index in [9.17, 15) is 8.42 Å². The van der Waals surface area contributed by atoms with Crippen molar-refractivity contribution in [3.63, 3.8) is 0 Å². The largest absolute Gasteiger partial charge is 0.259 e. The van der Waals surface area contributed by atoms with Crippen molar-refractivity contribution in [3.05, 3.63) is 95.8 Å². The van der Waals surface area contributed by atoms with Crippen LogP contribution < -0.4 is 0 Å². The number of hydrogen-bond donors (Lipinski definition) is 0. The summed E-state index contributed by atoms with van der Waals surface area (Å²) >= 11 is 0. The van der Waals surface area contributed by atoms with Gasteiger partial charge in [0.2, 0.25) is 10.0 Å². The van der Waals surface area contributed by atoms with Gasteiger partial charge in [0.1, 0.15) is 0 Å². The Morgan fingerprint density at radius 1 is 0.893 bits per heavy atom. The average molecular weight is 395 g/mol. The fourth-order valence-electron chi connectivity index (χ4n) is 3.31. The second kappa shape index (κ2) is 8.67. The molecule has 0 saturated heterocycles. The van der Waals surface area contributed by atoms with Gasteiger partial charge in [0.25, 0.3) is 0 Å². The zero-order valence-electron chi connectivity index (χ0n) is 16.5. The first kappa shape index (κ1) is 20.2. The molecule has 4 nitrogen and oxygen atoms in total. The van der Waals surface area contributed by atoms with E-state index in [4.69, 9.17) is 0 Å². The van der Waals surface area contributed by atoms with Gasteiger partial charge in [-0.3, -0.25) is 4.98 Å². The number of hydrogen-bond acceptors (Lipinski definition) is 3. The highest BCUT2D eigenvalue weighted by molar-refractivity contribution is 7.89. The van der Waals surface area contributed by atoms with Gasteiger partial charge < -0.3 is 0 Å². The molecule has 0 N–H and O–H groups in total. The lowest BCUT2D eigenvalue weighted by Gasteiger charge is -2.27. The fourth-order valence-corrected chi connectivity index (χ4v) is 4.63. The molecule has 0 amide bonds. The SMILES string of the molecule is CC(C)Cc1ccc(S(=O)(=O)N(C)C(c2ccccc2)c2ccccn2)cc1. The van der Waals surface area contributed by atoms with E-state index >= 15 is 0 Å². The van der Waals surface area contributed by atoms with Crippen LogP contribution in [0.1, 0.15) is 36.7 Å². The molecule has 0 fully saturated rings. The summed E-state index contributed by atoms with van der Waals surface area (Å²) in [6.07, 6.45) is 2.61. The van der Waals surface area contributed by atoms with Gasteiger partial charge in [-0.25, -0.2) is 8.42 Å². The van der Waals surface area contributed by atoms with Crippen molar-refractivity contribution in [1.29, 1.82) is 0 Å². The molecule has 0 saturated carbocycles. The summed E-state index contributed by atoms with van der Waals surface area (Å²) in [7, 11) is -2.07. The van der Waals surface area contributed by atoms with Crippen molar-refractivity contribution in [1.82, 2.24) is 9.29 Å². The number of rotatable bonds is 7. The molecule has 1 heterocycles. The minimum atomic E-state index is -3.69. The molecule has 0 bridgehead atoms. The van der Waals surface area contributed by atoms with Crippen LogP contribution in [0, 0.1) is 5.92 Å². The molecule has 146 valence electrons. The van der Waals surface area contributed by atoms with Crippen LogP contribution in [-0.2, 0) is 16.4 Å². The van der Waals surface area contributed by atoms with E-state index in [1.54, 1.807) is 25.4 Å². The van der Waals surface area contributed by atoms with Crippen LogP contribution in [-0.4, -0.2) is 24.8 Å². The molecule has 28 heavy (non-hydrogen) atoms. The highest BCUT2D eigenvalue weighted by atomic mass is 32.2. The smallest absolute Gasteiger partial charge is 0.243 e. The van der Waals surface area contributed by atoms with Crippen molar-refractivity contribution in [2.45, 2.75) is 31.2 Å². The van der Waals surface area contributed by atoms with E-state index in [-0.39, 0.29) is 0 Å². The molecule has 3 rings (SSSR count). The lowest BCUT2D eigenvalue weighted by Crippen LogP contribution is -2.32. The van der Waals surface area contributed by atoms with Crippen molar-refractivity contribution >= 4 is 10.0 Å². The van der Waals surface area contributed by atoms with Crippen molar-refractivity contribution < 1.29 is 8.42 Å². The zero-order chi connectivity index (χ0) is 20.1. The first-order valence-corrected chi connectivity index (χ1v) is 10.9. The average Bonchev–Trinajstić information content (AvgIpc) is 2.70. The monoisotopic (exact) mass is 394 g/mol. The highest BCUT2D eigenvalue weighted by Crippen LogP contribution is 2.31. The molecule has 5 heteroatoms. The Balaban J connectivity index is 1.99. The number of pyridine rings is 1. The van der Waals surface area contributed by atoms with Gasteiger partial charge in [-0.15, -0.1) is 0 Å². The molecule has 3 aromatic rings. The minimum absolute atomic E-state index is 0.291. The molecule has 1 atom stereocenters. The second-order valence-electron chi connectivity index (χ2n) is 7.33. The maximum absolute atomic E-state index is 13.4. The summed E-state index contributed by atoms with van der Waals surface area (Å²) in [5.74, 6) is 0.525. The Morgan fingerprint density at radius 2 is 1.54 bits per heavy atom. The number of benzene rings is 2. The maximum atomic E-state index is 13.4. The minimum Gasteiger partial charge on any atom is -0.259 e. The molecule has 0 spiro atoms. The van der Waals surface area contributed by atoms with Crippen molar-refractivity contribution in [2.24, 2.45) is 5.92 Å². The van der Waals surface area contributed by atoms with Crippen LogP contribution in [0.3, 0.4) is 0 Å². The van der Waals surface area contributed by atoms with Crippen molar-refractivity contribution in [2.75, 3.05) is 7.05 Å². The Hall–Kier alpha value is -2.50. The normalized spacial score (nSPS) is 13.0. The maximum Gasteiger partial charge on any atom is 0.243 e. The summed E-state index contributed by atoms with van der Waals surface area (Å²) < 4.78 is 28.1. The third-order valence-electron chi connectivity index (χ3n) is 4.69. The van der Waals surface area contributed by atoms with Gasteiger partial charge in [0, 0.05) is 13.2 Å². The second-order valence-corrected chi connectivity index (χ2v) is 9.33. The molecule has 0 aliphatic carbocycles. The van der Waals surface area contributed by atoms with Gasteiger partial charge in [-0.1, -0.05) is 62.4 Å². The van der Waals surface area contributed by atoms with Gasteiger partial charge in [-0.2, -0.15) is 4.31 Å². The van der Waals surface area contributed by atoms with E-state index < -0.39 is 16.1 Å². The Bertz CT molecular complexity index is 946. The molecule has 1 unspecified atom stereocenters. The van der Waals surface area contributed by atoms with Crippen LogP contribution in [0.15, 0.2) is 83.9 Å². The van der Waals surface area contributed by atoms with E-state index in [1.807, 2.05) is 60.7 Å². The standard InChI is InChI=1S/C23H26N2O2S/c1-18(2)17-19-12-14-21(15-13-19)28(26,27)25(3)23(20-9-5-4-6-10-20)22-11-7-8-16-24-22/h4-16,18,23H,17H2,1-3H3. The first-order chi connectivity index (χ1) is 13.4. The van der Waals surface area contributed by atoms with Gasteiger partial charge in [-0.05, 0) is 47.7 Å². The molecule has 1 aromatic heterocycles. The zero-order valence-corrected chi connectivity index (χ0v) is 17.3. The summed E-state index contributed by atoms with van der Waals surface area (Å²) in [5, 5.41) is 0. The van der Waals surface area contributed by atoms with Crippen LogP contribution in [0.4, 0.5) is 0 Å². The Kier molecular flexibility index (Phi) is 6.27. The Labute approximate surface area is 167 Å². The van der Waals surface area contributed by atoms with E-state index in [1.165, 1.54) is 4.31 Å². The van der Waals surface area contributed by atoms with E-state index in [0.29, 0.717) is 16.5 Å². The molecular weight excluding hydrogens is 368 g/mol. The molecule has 0 aliphatic rings. The topological polar surface area (TPSA) is 50.3 Å². The number of aromatic nitrogens is 1. The lowest BCUT2D eigenvalue weighted by atomic mass is 10.0. The van der Waals surface area contributed by atoms with E-state index in [2.05, 4.69) is 18.8 Å². The van der Waals surface area contributed by atoms with Gasteiger partial charge >= 0.3 is 0 Å². The predicted molar refractivity (Wildman–Crippen MR) is 112 cm³/mol. The fraction of sp³-hybridized carbons (Fsp3) is 0.261. The quantitative estimate of drug-likeness (QED) is 0.584. The van der Waals surface area contributed by atoms with Crippen LogP contribution in [0.5, 0.6) is 0 Å². The highest BCUT2D eigenvalue weighted by Gasteiger charge is 2.31. The van der Waals surface area contributed by atoms with Crippen LogP contribution in [0.2, 0.25) is 0 Å². The van der Waals surface area contributed by atoms with Crippen molar-refractivity contribution in [3.8, 4) is 0 Å². The summed E-state index contributed by atoms with van der Waals surface area (Å²) in [6, 6.07) is 21.9. The van der Waals surface area contributed by atoms with Gasteiger partial charge in [0.05, 0.1) is 16.6 Å². The van der Waals surface area contributed by atoms with Crippen LogP contribution >= 0.6 is 0 Å². The van der Waals surface area contributed by atoms with Gasteiger partial charge in [0.15, 0.2) is 0 Å². The van der Waals surface area contributed by atoms with E-state index in [0.717, 1.165) is 17.5 Å². The summed E-state index contributed by atoms with van der Waals surface area (Å²) in [4.78, 5) is 4.72. The predicted octanol–water partition coefficient (Wildman–Crippen LogP) is 4.69. The summed E-state index contributed by atoms with van der Waals surface area (Å²) in [6.45, 7) is 4.30. The summed E-state index contributed by atoms with van der Waals surface area (Å²) in [5.41, 5.74) is 2.71. The number of nitrogens with zero attached hydrogens (tertiary/aromatic N) is 2. The Morgan fingerprint density at radius 3 is 2.11 bits per heavy atom. The first-order valence-electron chi connectivity index (χ1n) is 9.42. The lowest BCUT2D eigenvalue weighted by molar-refractivity contribution is 0.412. The third-order valence-corrected chi connectivity index (χ3v) is 6.53. The number of sulfonamides is 1. The third kappa shape index (κ3) is 4.49. The molecule has 0 aliphatic heterocycles. The molecule has 2 aromatic carbocycles. The molecular formula is C23H26N2O2S. The molecule has 0 radical (unpaired) electrons. The van der Waals surface area contributed by atoms with Crippen LogP contribution in [0.25, 0.3) is 0 Å².